The molecule has 0 aromatic heterocycles. The number of hydrogen-bond donors (Lipinski definition) is 0. The number of anilines is 1. The van der Waals surface area contributed by atoms with E-state index in [0.29, 0.717) is 22.0 Å². The van der Waals surface area contributed by atoms with Crippen LogP contribution < -0.4 is 4.90 Å². The van der Waals surface area contributed by atoms with Gasteiger partial charge in [-0.15, -0.1) is 0 Å². The first kappa shape index (κ1) is 18.9. The minimum Gasteiger partial charge on any atom is -0.465 e. The monoisotopic (exact) mass is 381 g/mol. The van der Waals surface area contributed by atoms with Crippen molar-refractivity contribution in [3.05, 3.63) is 81.0 Å². The summed E-state index contributed by atoms with van der Waals surface area (Å²) in [5.41, 5.74) is 4.57. The number of carbonyl (C=O) groups excluding carboxylic acids is 2. The lowest BCUT2D eigenvalue weighted by Crippen LogP contribution is -2.24. The molecule has 27 heavy (non-hydrogen) atoms. The van der Waals surface area contributed by atoms with Gasteiger partial charge in [-0.05, 0) is 50.1 Å². The molecule has 0 radical (unpaired) electrons. The van der Waals surface area contributed by atoms with Gasteiger partial charge >= 0.3 is 5.97 Å². The molecule has 1 aliphatic heterocycles. The first-order chi connectivity index (χ1) is 12.8. The molecule has 138 valence electrons. The molecule has 0 saturated heterocycles. The van der Waals surface area contributed by atoms with Crippen LogP contribution in [0.2, 0.25) is 5.02 Å². The van der Waals surface area contributed by atoms with Crippen LogP contribution >= 0.6 is 11.6 Å². The molecule has 0 atom stereocenters. The topological polar surface area (TPSA) is 46.6 Å². The van der Waals surface area contributed by atoms with Crippen LogP contribution in [0.5, 0.6) is 0 Å². The van der Waals surface area contributed by atoms with Crippen molar-refractivity contribution in [3.8, 4) is 0 Å². The third-order valence-electron chi connectivity index (χ3n) is 4.59. The third-order valence-corrected chi connectivity index (χ3v) is 5.00. The van der Waals surface area contributed by atoms with E-state index < -0.39 is 5.97 Å². The Hall–Kier alpha value is -2.85. The van der Waals surface area contributed by atoms with Crippen molar-refractivity contribution in [3.63, 3.8) is 0 Å². The molecule has 5 heteroatoms. The highest BCUT2D eigenvalue weighted by molar-refractivity contribution is 6.32. The molecule has 2 aromatic carbocycles. The van der Waals surface area contributed by atoms with Gasteiger partial charge in [-0.25, -0.2) is 4.79 Å². The molecule has 1 aliphatic rings. The molecule has 0 N–H and O–H groups in total. The maximum atomic E-state index is 13.2. The zero-order valence-electron chi connectivity index (χ0n) is 15.7. The summed E-state index contributed by atoms with van der Waals surface area (Å²) in [6, 6.07) is 13.1. The Balaban J connectivity index is 2.14. The van der Waals surface area contributed by atoms with Crippen LogP contribution in [0.3, 0.4) is 0 Å². The van der Waals surface area contributed by atoms with Gasteiger partial charge < -0.3 is 4.74 Å². The number of aryl methyl sites for hydroxylation is 2. The molecule has 0 bridgehead atoms. The number of amides is 1. The summed E-state index contributed by atoms with van der Waals surface area (Å²) in [6.45, 7) is 5.61. The lowest BCUT2D eigenvalue weighted by atomic mass is 10.0. The summed E-state index contributed by atoms with van der Waals surface area (Å²) < 4.78 is 4.92. The summed E-state index contributed by atoms with van der Waals surface area (Å²) in [6.07, 6.45) is 1.72. The fourth-order valence-electron chi connectivity index (χ4n) is 3.04. The number of hydrogen-bond acceptors (Lipinski definition) is 3. The molecule has 0 spiro atoms. The molecule has 3 rings (SSSR count). The van der Waals surface area contributed by atoms with E-state index in [4.69, 9.17) is 16.3 Å². The van der Waals surface area contributed by atoms with Gasteiger partial charge in [0.25, 0.3) is 5.91 Å². The number of esters is 1. The standard InChI is InChI=1S/C22H20ClNO3/c1-13-5-8-16(9-6-13)11-18-20(22(26)27-4)15(3)24(21(18)25)17-10-7-14(2)19(23)12-17/h5-12H,1-4H3/b18-11-. The van der Waals surface area contributed by atoms with Crippen LogP contribution in [0.25, 0.3) is 6.08 Å². The lowest BCUT2D eigenvalue weighted by molar-refractivity contribution is -0.136. The van der Waals surface area contributed by atoms with Gasteiger partial charge in [-0.3, -0.25) is 9.69 Å². The molecule has 4 nitrogen and oxygen atoms in total. The van der Waals surface area contributed by atoms with Crippen molar-refractivity contribution in [2.45, 2.75) is 20.8 Å². The van der Waals surface area contributed by atoms with Gasteiger partial charge in [-0.1, -0.05) is 47.5 Å². The molecular weight excluding hydrogens is 362 g/mol. The summed E-state index contributed by atoms with van der Waals surface area (Å²) in [5.74, 6) is -0.826. The van der Waals surface area contributed by atoms with E-state index in [9.17, 15) is 9.59 Å². The first-order valence-electron chi connectivity index (χ1n) is 8.52. The molecule has 0 fully saturated rings. The number of carbonyl (C=O) groups is 2. The molecule has 1 heterocycles. The van der Waals surface area contributed by atoms with E-state index in [0.717, 1.165) is 16.7 Å². The van der Waals surface area contributed by atoms with Crippen molar-refractivity contribution in [2.24, 2.45) is 0 Å². The maximum absolute atomic E-state index is 13.2. The van der Waals surface area contributed by atoms with Crippen LogP contribution in [0.15, 0.2) is 59.3 Å². The molecule has 1 amide bonds. The van der Waals surface area contributed by atoms with Gasteiger partial charge in [0, 0.05) is 10.7 Å². The fraction of sp³-hybridized carbons (Fsp3) is 0.182. The van der Waals surface area contributed by atoms with E-state index in [1.165, 1.54) is 12.0 Å². The predicted molar refractivity (Wildman–Crippen MR) is 108 cm³/mol. The normalized spacial score (nSPS) is 15.7. The Morgan fingerprint density at radius 1 is 1.07 bits per heavy atom. The van der Waals surface area contributed by atoms with E-state index in [2.05, 4.69) is 0 Å². The second-order valence-electron chi connectivity index (χ2n) is 6.49. The van der Waals surface area contributed by atoms with E-state index in [-0.39, 0.29) is 11.5 Å². The number of benzene rings is 2. The summed E-state index contributed by atoms with van der Waals surface area (Å²) >= 11 is 6.23. The van der Waals surface area contributed by atoms with Crippen molar-refractivity contribution in [1.29, 1.82) is 0 Å². The molecular formula is C22H20ClNO3. The number of ether oxygens (including phenoxy) is 1. The van der Waals surface area contributed by atoms with Crippen molar-refractivity contribution >= 4 is 35.2 Å². The summed E-state index contributed by atoms with van der Waals surface area (Å²) in [4.78, 5) is 27.1. The number of halogens is 1. The molecule has 0 aliphatic carbocycles. The Bertz CT molecular complexity index is 987. The summed E-state index contributed by atoms with van der Waals surface area (Å²) in [5, 5.41) is 0.559. The van der Waals surface area contributed by atoms with Crippen LogP contribution in [-0.4, -0.2) is 19.0 Å². The second kappa shape index (κ2) is 7.41. The maximum Gasteiger partial charge on any atom is 0.340 e. The molecule has 0 unspecified atom stereocenters. The smallest absolute Gasteiger partial charge is 0.340 e. The summed E-state index contributed by atoms with van der Waals surface area (Å²) in [7, 11) is 1.31. The Morgan fingerprint density at radius 2 is 1.74 bits per heavy atom. The number of allylic oxidation sites excluding steroid dienone is 1. The Kier molecular flexibility index (Phi) is 5.19. The highest BCUT2D eigenvalue weighted by atomic mass is 35.5. The van der Waals surface area contributed by atoms with Crippen LogP contribution in [0.4, 0.5) is 5.69 Å². The van der Waals surface area contributed by atoms with Crippen molar-refractivity contribution in [1.82, 2.24) is 0 Å². The minimum atomic E-state index is -0.542. The number of nitrogens with zero attached hydrogens (tertiary/aromatic N) is 1. The average molecular weight is 382 g/mol. The van der Waals surface area contributed by atoms with Gasteiger partial charge in [0.05, 0.1) is 23.9 Å². The third kappa shape index (κ3) is 3.53. The van der Waals surface area contributed by atoms with Crippen molar-refractivity contribution in [2.75, 3.05) is 12.0 Å². The second-order valence-corrected chi connectivity index (χ2v) is 6.90. The Labute approximate surface area is 163 Å². The van der Waals surface area contributed by atoms with E-state index in [1.807, 2.05) is 50.2 Å². The fourth-order valence-corrected chi connectivity index (χ4v) is 3.22. The minimum absolute atomic E-state index is 0.264. The van der Waals surface area contributed by atoms with Gasteiger partial charge in [-0.2, -0.15) is 0 Å². The lowest BCUT2D eigenvalue weighted by Gasteiger charge is -2.18. The van der Waals surface area contributed by atoms with Crippen LogP contribution in [0.1, 0.15) is 23.6 Å². The largest absolute Gasteiger partial charge is 0.465 e. The quantitative estimate of drug-likeness (QED) is 0.565. The highest BCUT2D eigenvalue weighted by Gasteiger charge is 2.38. The van der Waals surface area contributed by atoms with E-state index >= 15 is 0 Å². The van der Waals surface area contributed by atoms with Crippen LogP contribution in [0, 0.1) is 13.8 Å². The van der Waals surface area contributed by atoms with Gasteiger partial charge in [0.15, 0.2) is 0 Å². The van der Waals surface area contributed by atoms with Gasteiger partial charge in [0.2, 0.25) is 0 Å². The Morgan fingerprint density at radius 3 is 2.33 bits per heavy atom. The van der Waals surface area contributed by atoms with Gasteiger partial charge in [0.1, 0.15) is 0 Å². The first-order valence-corrected chi connectivity index (χ1v) is 8.90. The number of rotatable bonds is 3. The van der Waals surface area contributed by atoms with Crippen LogP contribution in [-0.2, 0) is 14.3 Å². The van der Waals surface area contributed by atoms with Crippen molar-refractivity contribution < 1.29 is 14.3 Å². The molecule has 2 aromatic rings. The average Bonchev–Trinajstić information content (AvgIpc) is 2.89. The zero-order valence-corrected chi connectivity index (χ0v) is 16.4. The SMILES string of the molecule is COC(=O)C1=C(C)N(c2ccc(C)c(Cl)c2)C(=O)/C1=C\c1ccc(C)cc1. The predicted octanol–water partition coefficient (Wildman–Crippen LogP) is 4.83. The van der Waals surface area contributed by atoms with E-state index in [1.54, 1.807) is 19.1 Å². The zero-order chi connectivity index (χ0) is 19.7. The highest BCUT2D eigenvalue weighted by Crippen LogP contribution is 2.36. The number of methoxy groups -OCH3 is 1. The molecule has 0 saturated carbocycles.